The zero-order valence-corrected chi connectivity index (χ0v) is 13.1. The average molecular weight is 308 g/mol. The van der Waals surface area contributed by atoms with Crippen LogP contribution < -0.4 is 0 Å². The van der Waals surface area contributed by atoms with Crippen LogP contribution in [0.15, 0.2) is 59.5 Å². The van der Waals surface area contributed by atoms with E-state index in [0.29, 0.717) is 16.9 Å². The third kappa shape index (κ3) is 3.04. The van der Waals surface area contributed by atoms with Crippen molar-refractivity contribution in [1.29, 1.82) is 0 Å². The summed E-state index contributed by atoms with van der Waals surface area (Å²) in [5.74, 6) is 0.161. The van der Waals surface area contributed by atoms with Crippen molar-refractivity contribution < 1.29 is 9.59 Å². The third-order valence-electron chi connectivity index (χ3n) is 3.63. The highest BCUT2D eigenvalue weighted by molar-refractivity contribution is 8.04. The van der Waals surface area contributed by atoms with Gasteiger partial charge in [-0.2, -0.15) is 0 Å². The fourth-order valence-corrected chi connectivity index (χ4v) is 3.98. The minimum absolute atomic E-state index is 0.0152. The van der Waals surface area contributed by atoms with Crippen LogP contribution in [0.1, 0.15) is 40.1 Å². The molecule has 0 spiro atoms. The lowest BCUT2D eigenvalue weighted by molar-refractivity contribution is -0.117. The molecule has 3 heteroatoms. The van der Waals surface area contributed by atoms with E-state index in [1.54, 1.807) is 6.92 Å². The molecular weight excluding hydrogens is 292 g/mol. The summed E-state index contributed by atoms with van der Waals surface area (Å²) in [4.78, 5) is 24.9. The van der Waals surface area contributed by atoms with Crippen LogP contribution >= 0.6 is 11.8 Å². The summed E-state index contributed by atoms with van der Waals surface area (Å²) in [6, 6.07) is 17.2. The van der Waals surface area contributed by atoms with Gasteiger partial charge in [0.1, 0.15) is 5.78 Å². The molecule has 3 rings (SSSR count). The molecule has 1 atom stereocenters. The Morgan fingerprint density at radius 2 is 1.68 bits per heavy atom. The number of allylic oxidation sites excluding steroid dienone is 1. The predicted molar refractivity (Wildman–Crippen MR) is 90.8 cm³/mol. The molecule has 1 heterocycles. The summed E-state index contributed by atoms with van der Waals surface area (Å²) < 4.78 is 0. The van der Waals surface area contributed by atoms with Crippen LogP contribution in [0.5, 0.6) is 0 Å². The molecule has 2 aromatic carbocycles. The molecule has 0 aliphatic carbocycles. The standard InChI is InChI=1S/C19H16O2S/c1-13(20)11-17-16-10-6-5-9-15(16)12-18(22-17)19(21)14-7-3-2-4-8-14/h2-10,12,17H,11H2,1H3. The van der Waals surface area contributed by atoms with Gasteiger partial charge in [-0.25, -0.2) is 0 Å². The molecule has 22 heavy (non-hydrogen) atoms. The summed E-state index contributed by atoms with van der Waals surface area (Å²) in [5.41, 5.74) is 2.85. The second kappa shape index (κ2) is 6.32. The van der Waals surface area contributed by atoms with E-state index >= 15 is 0 Å². The number of carbonyl (C=O) groups excluding carboxylic acids is 2. The number of thioether (sulfide) groups is 1. The fraction of sp³-hybridized carbons (Fsp3) is 0.158. The monoisotopic (exact) mass is 308 g/mol. The summed E-state index contributed by atoms with van der Waals surface area (Å²) >= 11 is 1.50. The van der Waals surface area contributed by atoms with Crippen molar-refractivity contribution in [3.8, 4) is 0 Å². The maximum absolute atomic E-state index is 12.7. The molecule has 0 saturated carbocycles. The van der Waals surface area contributed by atoms with E-state index in [9.17, 15) is 9.59 Å². The first-order valence-electron chi connectivity index (χ1n) is 7.21. The van der Waals surface area contributed by atoms with Crippen molar-refractivity contribution in [2.45, 2.75) is 18.6 Å². The van der Waals surface area contributed by atoms with E-state index in [0.717, 1.165) is 11.1 Å². The number of fused-ring (bicyclic) bond motifs is 1. The van der Waals surface area contributed by atoms with Crippen molar-refractivity contribution in [2.24, 2.45) is 0 Å². The number of hydrogen-bond acceptors (Lipinski definition) is 3. The largest absolute Gasteiger partial charge is 0.300 e. The number of carbonyl (C=O) groups is 2. The Bertz CT molecular complexity index is 747. The highest BCUT2D eigenvalue weighted by Gasteiger charge is 2.26. The zero-order valence-electron chi connectivity index (χ0n) is 12.3. The van der Waals surface area contributed by atoms with Crippen LogP contribution in [0.25, 0.3) is 6.08 Å². The van der Waals surface area contributed by atoms with Crippen molar-refractivity contribution in [2.75, 3.05) is 0 Å². The first kappa shape index (κ1) is 14.8. The fourth-order valence-electron chi connectivity index (χ4n) is 2.59. The van der Waals surface area contributed by atoms with Crippen LogP contribution in [-0.4, -0.2) is 11.6 Å². The minimum atomic E-state index is 0.0152. The summed E-state index contributed by atoms with van der Waals surface area (Å²) in [6.07, 6.45) is 2.38. The molecule has 0 bridgehead atoms. The van der Waals surface area contributed by atoms with E-state index in [4.69, 9.17) is 0 Å². The van der Waals surface area contributed by atoms with Crippen LogP contribution in [0.4, 0.5) is 0 Å². The number of rotatable bonds is 4. The van der Waals surface area contributed by atoms with E-state index < -0.39 is 0 Å². The van der Waals surface area contributed by atoms with E-state index in [1.165, 1.54) is 11.8 Å². The molecular formula is C19H16O2S. The molecule has 110 valence electrons. The van der Waals surface area contributed by atoms with Gasteiger partial charge in [0.05, 0.1) is 4.91 Å². The number of Topliss-reactive ketones (excluding diaryl/α,β-unsaturated/α-hetero) is 2. The van der Waals surface area contributed by atoms with Crippen molar-refractivity contribution in [3.63, 3.8) is 0 Å². The Morgan fingerprint density at radius 3 is 2.41 bits per heavy atom. The molecule has 1 aliphatic rings. The second-order valence-electron chi connectivity index (χ2n) is 5.35. The van der Waals surface area contributed by atoms with Crippen LogP contribution in [0.2, 0.25) is 0 Å². The molecule has 0 saturated heterocycles. The molecule has 0 fully saturated rings. The van der Waals surface area contributed by atoms with Gasteiger partial charge < -0.3 is 0 Å². The Labute approximate surface area is 134 Å². The van der Waals surface area contributed by atoms with Crippen LogP contribution in [0.3, 0.4) is 0 Å². The minimum Gasteiger partial charge on any atom is -0.300 e. The van der Waals surface area contributed by atoms with Gasteiger partial charge in [0.2, 0.25) is 0 Å². The highest BCUT2D eigenvalue weighted by Crippen LogP contribution is 2.45. The Balaban J connectivity index is 1.98. The highest BCUT2D eigenvalue weighted by atomic mass is 32.2. The molecule has 0 aromatic heterocycles. The Hall–Kier alpha value is -2.13. The van der Waals surface area contributed by atoms with Crippen molar-refractivity contribution >= 4 is 29.4 Å². The van der Waals surface area contributed by atoms with E-state index in [2.05, 4.69) is 0 Å². The van der Waals surface area contributed by atoms with E-state index in [-0.39, 0.29) is 16.8 Å². The lowest BCUT2D eigenvalue weighted by Crippen LogP contribution is -2.10. The maximum Gasteiger partial charge on any atom is 0.199 e. The van der Waals surface area contributed by atoms with Gasteiger partial charge in [0.15, 0.2) is 5.78 Å². The Morgan fingerprint density at radius 1 is 1.00 bits per heavy atom. The lowest BCUT2D eigenvalue weighted by Gasteiger charge is -2.24. The van der Waals surface area contributed by atoms with Gasteiger partial charge in [-0.05, 0) is 24.1 Å². The van der Waals surface area contributed by atoms with Gasteiger partial charge in [0, 0.05) is 17.2 Å². The topological polar surface area (TPSA) is 34.1 Å². The molecule has 2 aromatic rings. The van der Waals surface area contributed by atoms with Gasteiger partial charge in [-0.1, -0.05) is 54.6 Å². The van der Waals surface area contributed by atoms with Gasteiger partial charge >= 0.3 is 0 Å². The summed E-state index contributed by atoms with van der Waals surface area (Å²) in [7, 11) is 0. The van der Waals surface area contributed by atoms with Gasteiger partial charge in [-0.3, -0.25) is 9.59 Å². The van der Waals surface area contributed by atoms with Crippen LogP contribution in [-0.2, 0) is 4.79 Å². The van der Waals surface area contributed by atoms with Gasteiger partial charge in [-0.15, -0.1) is 11.8 Å². The first-order chi connectivity index (χ1) is 10.6. The normalized spacial score (nSPS) is 16.6. The molecule has 2 nitrogen and oxygen atoms in total. The van der Waals surface area contributed by atoms with E-state index in [1.807, 2.05) is 60.7 Å². The SMILES string of the molecule is CC(=O)CC1SC(C(=O)c2ccccc2)=Cc2ccccc21. The molecule has 1 aliphatic heterocycles. The lowest BCUT2D eigenvalue weighted by atomic mass is 9.99. The predicted octanol–water partition coefficient (Wildman–Crippen LogP) is 4.68. The summed E-state index contributed by atoms with van der Waals surface area (Å²) in [5, 5.41) is 0.0152. The molecule has 1 unspecified atom stereocenters. The molecule has 0 amide bonds. The van der Waals surface area contributed by atoms with Crippen molar-refractivity contribution in [3.05, 3.63) is 76.2 Å². The quantitative estimate of drug-likeness (QED) is 0.769. The second-order valence-corrected chi connectivity index (χ2v) is 6.59. The summed E-state index contributed by atoms with van der Waals surface area (Å²) in [6.45, 7) is 1.60. The zero-order chi connectivity index (χ0) is 15.5. The average Bonchev–Trinajstić information content (AvgIpc) is 2.54. The first-order valence-corrected chi connectivity index (χ1v) is 8.09. The smallest absolute Gasteiger partial charge is 0.199 e. The van der Waals surface area contributed by atoms with Gasteiger partial charge in [0.25, 0.3) is 0 Å². The third-order valence-corrected chi connectivity index (χ3v) is 4.89. The number of hydrogen-bond donors (Lipinski definition) is 0. The Kier molecular flexibility index (Phi) is 4.25. The maximum atomic E-state index is 12.7. The van der Waals surface area contributed by atoms with Crippen LogP contribution in [0, 0.1) is 0 Å². The van der Waals surface area contributed by atoms with Crippen molar-refractivity contribution in [1.82, 2.24) is 0 Å². The molecule has 0 N–H and O–H groups in total. The molecule has 0 radical (unpaired) electrons. The number of ketones is 2. The number of benzene rings is 2.